The predicted molar refractivity (Wildman–Crippen MR) is 147 cm³/mol. The molecule has 0 unspecified atom stereocenters. The summed E-state index contributed by atoms with van der Waals surface area (Å²) in [5, 5.41) is 15.9. The van der Waals surface area contributed by atoms with Gasteiger partial charge in [-0.1, -0.05) is 41.9 Å². The first-order valence-corrected chi connectivity index (χ1v) is 12.7. The zero-order valence-electron chi connectivity index (χ0n) is 21.4. The molecule has 2 aromatic heterocycles. The van der Waals surface area contributed by atoms with Gasteiger partial charge in [-0.3, -0.25) is 14.5 Å². The third-order valence-electron chi connectivity index (χ3n) is 6.05. The number of carbonyl (C=O) groups excluding carboxylic acids is 2. The van der Waals surface area contributed by atoms with E-state index in [4.69, 9.17) is 16.0 Å². The van der Waals surface area contributed by atoms with E-state index >= 15 is 0 Å². The predicted octanol–water partition coefficient (Wildman–Crippen LogP) is 5.12. The number of tetrazole rings is 1. The number of furan rings is 1. The zero-order chi connectivity index (χ0) is 28.1. The summed E-state index contributed by atoms with van der Waals surface area (Å²) in [5.74, 6) is -0.143. The molecule has 0 aliphatic rings. The maximum absolute atomic E-state index is 13.9. The van der Waals surface area contributed by atoms with Crippen molar-refractivity contribution in [2.75, 3.05) is 4.90 Å². The number of aryl methyl sites for hydroxylation is 1. The number of hydrogen-bond acceptors (Lipinski definition) is 6. The highest BCUT2D eigenvalue weighted by atomic mass is 35.5. The smallest absolute Gasteiger partial charge is 0.251 e. The highest BCUT2D eigenvalue weighted by molar-refractivity contribution is 6.30. The summed E-state index contributed by atoms with van der Waals surface area (Å²) in [6.45, 7) is 1.58. The average Bonchev–Trinajstić information content (AvgIpc) is 3.61. The monoisotopic (exact) mass is 558 g/mol. The minimum absolute atomic E-state index is 0.126. The number of hydrogen-bond donors (Lipinski definition) is 1. The second-order valence-corrected chi connectivity index (χ2v) is 9.38. The number of halogens is 2. The molecule has 0 saturated heterocycles. The molecule has 0 spiro atoms. The summed E-state index contributed by atoms with van der Waals surface area (Å²) < 4.78 is 19.2. The molecule has 2 amide bonds. The van der Waals surface area contributed by atoms with E-state index in [1.54, 1.807) is 79.7 Å². The summed E-state index contributed by atoms with van der Waals surface area (Å²) in [6, 6.07) is 23.7. The van der Waals surface area contributed by atoms with E-state index in [1.807, 2.05) is 6.07 Å². The van der Waals surface area contributed by atoms with Gasteiger partial charge in [0.25, 0.3) is 11.8 Å². The normalized spacial score (nSPS) is 11.7. The van der Waals surface area contributed by atoms with Crippen LogP contribution in [-0.2, 0) is 22.7 Å². The van der Waals surface area contributed by atoms with E-state index in [2.05, 4.69) is 20.7 Å². The molecule has 1 N–H and O–H groups in total. The fourth-order valence-electron chi connectivity index (χ4n) is 4.11. The molecule has 5 aromatic rings. The molecule has 9 nitrogen and oxygen atoms in total. The highest BCUT2D eigenvalue weighted by Gasteiger charge is 2.35. The molecule has 0 fully saturated rings. The number of carbonyl (C=O) groups is 2. The van der Waals surface area contributed by atoms with Gasteiger partial charge in [0.1, 0.15) is 23.9 Å². The lowest BCUT2D eigenvalue weighted by atomic mass is 10.1. The van der Waals surface area contributed by atoms with E-state index in [-0.39, 0.29) is 24.7 Å². The number of amides is 2. The Kier molecular flexibility index (Phi) is 7.97. The van der Waals surface area contributed by atoms with Gasteiger partial charge in [0.2, 0.25) is 5.82 Å². The Balaban J connectivity index is 1.45. The molecule has 2 heterocycles. The Labute approximate surface area is 234 Å². The van der Waals surface area contributed by atoms with Crippen LogP contribution in [0.5, 0.6) is 0 Å². The first-order chi connectivity index (χ1) is 19.4. The fraction of sp³-hybridized carbons (Fsp3) is 0.138. The van der Waals surface area contributed by atoms with Crippen LogP contribution in [0.25, 0.3) is 11.4 Å². The van der Waals surface area contributed by atoms with Gasteiger partial charge in [-0.2, -0.15) is 4.80 Å². The summed E-state index contributed by atoms with van der Waals surface area (Å²) in [6.07, 6.45) is 0. The lowest BCUT2D eigenvalue weighted by Crippen LogP contribution is -2.45. The van der Waals surface area contributed by atoms with Gasteiger partial charge in [0, 0.05) is 22.8 Å². The average molecular weight is 559 g/mol. The Morgan fingerprint density at radius 2 is 1.73 bits per heavy atom. The standard InChI is InChI=1S/C29H24ClFN6O3/c1-19-7-16-25(40-19)27(29(39)32-17-20-8-14-23(31)15-9-20)37(24-5-3-2-4-6-24)26(38)18-36-34-28(33-35-36)21-10-12-22(30)13-11-21/h2-16,27H,17-18H2,1H3,(H,32,39)/t27-/m1/s1. The molecule has 202 valence electrons. The van der Waals surface area contributed by atoms with Crippen LogP contribution in [0.1, 0.15) is 23.1 Å². The van der Waals surface area contributed by atoms with Crippen LogP contribution in [0, 0.1) is 12.7 Å². The first kappa shape index (κ1) is 26.8. The number of rotatable bonds is 9. The van der Waals surface area contributed by atoms with E-state index in [1.165, 1.54) is 21.8 Å². The van der Waals surface area contributed by atoms with Crippen LogP contribution in [0.3, 0.4) is 0 Å². The molecule has 0 aliphatic heterocycles. The van der Waals surface area contributed by atoms with Gasteiger partial charge in [0.05, 0.1) is 0 Å². The highest BCUT2D eigenvalue weighted by Crippen LogP contribution is 2.30. The van der Waals surface area contributed by atoms with Crippen molar-refractivity contribution in [3.05, 3.63) is 119 Å². The van der Waals surface area contributed by atoms with Crippen LogP contribution in [0.15, 0.2) is 95.4 Å². The van der Waals surface area contributed by atoms with Crippen molar-refractivity contribution < 1.29 is 18.4 Å². The first-order valence-electron chi connectivity index (χ1n) is 12.4. The van der Waals surface area contributed by atoms with Crippen molar-refractivity contribution in [1.82, 2.24) is 25.5 Å². The lowest BCUT2D eigenvalue weighted by molar-refractivity contribution is -0.127. The van der Waals surface area contributed by atoms with Crippen molar-refractivity contribution in [2.24, 2.45) is 0 Å². The molecular weight excluding hydrogens is 535 g/mol. The molecular formula is C29H24ClFN6O3. The second kappa shape index (κ2) is 11.9. The molecule has 5 rings (SSSR count). The number of anilines is 1. The maximum Gasteiger partial charge on any atom is 0.251 e. The Hall–Kier alpha value is -4.83. The van der Waals surface area contributed by atoms with E-state index in [9.17, 15) is 14.0 Å². The van der Waals surface area contributed by atoms with Crippen LogP contribution in [0.2, 0.25) is 5.02 Å². The Bertz CT molecular complexity index is 1600. The number of nitrogens with one attached hydrogen (secondary N) is 1. The molecule has 40 heavy (non-hydrogen) atoms. The molecule has 0 saturated carbocycles. The molecule has 3 aromatic carbocycles. The van der Waals surface area contributed by atoms with Gasteiger partial charge in [-0.25, -0.2) is 4.39 Å². The Morgan fingerprint density at radius 1 is 1.00 bits per heavy atom. The van der Waals surface area contributed by atoms with Crippen molar-refractivity contribution in [1.29, 1.82) is 0 Å². The van der Waals surface area contributed by atoms with Crippen molar-refractivity contribution >= 4 is 29.1 Å². The van der Waals surface area contributed by atoms with Gasteiger partial charge < -0.3 is 9.73 Å². The topological polar surface area (TPSA) is 106 Å². The number of nitrogens with zero attached hydrogens (tertiary/aromatic N) is 5. The molecule has 11 heteroatoms. The Morgan fingerprint density at radius 3 is 2.40 bits per heavy atom. The van der Waals surface area contributed by atoms with Gasteiger partial charge in [-0.05, 0) is 78.4 Å². The largest absolute Gasteiger partial charge is 0.464 e. The minimum atomic E-state index is -1.15. The van der Waals surface area contributed by atoms with Crippen LogP contribution < -0.4 is 10.2 Å². The summed E-state index contributed by atoms with van der Waals surface area (Å²) >= 11 is 5.97. The molecule has 0 bridgehead atoms. The minimum Gasteiger partial charge on any atom is -0.464 e. The third kappa shape index (κ3) is 6.24. The van der Waals surface area contributed by atoms with Gasteiger partial charge in [0.15, 0.2) is 6.04 Å². The van der Waals surface area contributed by atoms with Crippen LogP contribution >= 0.6 is 11.6 Å². The van der Waals surface area contributed by atoms with E-state index < -0.39 is 17.9 Å². The van der Waals surface area contributed by atoms with Crippen molar-refractivity contribution in [3.8, 4) is 11.4 Å². The zero-order valence-corrected chi connectivity index (χ0v) is 22.1. The lowest BCUT2D eigenvalue weighted by Gasteiger charge is -2.29. The molecule has 1 atom stereocenters. The van der Waals surface area contributed by atoms with Crippen LogP contribution in [0.4, 0.5) is 10.1 Å². The molecule has 0 aliphatic carbocycles. The maximum atomic E-state index is 13.9. The van der Waals surface area contributed by atoms with Crippen molar-refractivity contribution in [3.63, 3.8) is 0 Å². The third-order valence-corrected chi connectivity index (χ3v) is 6.30. The quantitative estimate of drug-likeness (QED) is 0.269. The second-order valence-electron chi connectivity index (χ2n) is 8.94. The summed E-state index contributed by atoms with van der Waals surface area (Å²) in [7, 11) is 0. The molecule has 0 radical (unpaired) electrons. The van der Waals surface area contributed by atoms with Crippen LogP contribution in [-0.4, -0.2) is 32.0 Å². The summed E-state index contributed by atoms with van der Waals surface area (Å²) in [5.41, 5.74) is 1.86. The van der Waals surface area contributed by atoms with Gasteiger partial charge in [-0.15, -0.1) is 10.2 Å². The van der Waals surface area contributed by atoms with E-state index in [0.29, 0.717) is 33.4 Å². The fourth-order valence-corrected chi connectivity index (χ4v) is 4.24. The number of benzene rings is 3. The van der Waals surface area contributed by atoms with Gasteiger partial charge >= 0.3 is 0 Å². The number of aromatic nitrogens is 4. The van der Waals surface area contributed by atoms with Crippen molar-refractivity contribution in [2.45, 2.75) is 26.1 Å². The van der Waals surface area contributed by atoms with E-state index in [0.717, 1.165) is 0 Å². The summed E-state index contributed by atoms with van der Waals surface area (Å²) in [4.78, 5) is 30.1. The number of para-hydroxylation sites is 1. The SMILES string of the molecule is Cc1ccc([C@H](C(=O)NCc2ccc(F)cc2)N(C(=O)Cn2nnc(-c3ccc(Cl)cc3)n2)c2ccccc2)o1.